The van der Waals surface area contributed by atoms with Gasteiger partial charge in [0.1, 0.15) is 5.75 Å². The molecule has 1 N–H and O–H groups in total. The maximum absolute atomic E-state index is 5.86. The molecule has 2 rings (SSSR count). The van der Waals surface area contributed by atoms with Gasteiger partial charge in [0.05, 0.1) is 0 Å². The lowest BCUT2D eigenvalue weighted by atomic mass is 10.0. The third kappa shape index (κ3) is 3.82. The first-order valence-electron chi connectivity index (χ1n) is 7.37. The van der Waals surface area contributed by atoms with Crippen molar-refractivity contribution in [3.63, 3.8) is 0 Å². The zero-order valence-electron chi connectivity index (χ0n) is 13.1. The number of aromatic nitrogens is 2. The topological polar surface area (TPSA) is 60.2 Å². The van der Waals surface area contributed by atoms with Crippen molar-refractivity contribution < 1.29 is 9.26 Å². The zero-order valence-corrected chi connectivity index (χ0v) is 13.1. The van der Waals surface area contributed by atoms with Gasteiger partial charge in [0.15, 0.2) is 12.4 Å². The molecule has 0 bridgehead atoms. The van der Waals surface area contributed by atoms with Gasteiger partial charge in [0.25, 0.3) is 5.89 Å². The Morgan fingerprint density at radius 2 is 2.05 bits per heavy atom. The SMILES string of the molecule is CCC(NC)c1ccccc1OCc1nc(C(C)C)no1. The van der Waals surface area contributed by atoms with E-state index in [1.807, 2.05) is 39.1 Å². The molecular formula is C16H23N3O2. The lowest BCUT2D eigenvalue weighted by Crippen LogP contribution is -2.16. The Bertz CT molecular complexity index is 562. The highest BCUT2D eigenvalue weighted by atomic mass is 16.5. The minimum Gasteiger partial charge on any atom is -0.483 e. The lowest BCUT2D eigenvalue weighted by molar-refractivity contribution is 0.239. The van der Waals surface area contributed by atoms with Crippen molar-refractivity contribution in [3.05, 3.63) is 41.5 Å². The molecule has 1 unspecified atom stereocenters. The summed E-state index contributed by atoms with van der Waals surface area (Å²) < 4.78 is 11.1. The summed E-state index contributed by atoms with van der Waals surface area (Å²) in [6, 6.07) is 8.30. The van der Waals surface area contributed by atoms with Crippen molar-refractivity contribution >= 4 is 0 Å². The molecular weight excluding hydrogens is 266 g/mol. The summed E-state index contributed by atoms with van der Waals surface area (Å²) in [5.41, 5.74) is 1.14. The molecule has 1 atom stereocenters. The molecule has 0 aliphatic rings. The van der Waals surface area contributed by atoms with E-state index in [2.05, 4.69) is 28.4 Å². The first-order valence-corrected chi connectivity index (χ1v) is 7.37. The monoisotopic (exact) mass is 289 g/mol. The summed E-state index contributed by atoms with van der Waals surface area (Å²) in [6.45, 7) is 6.49. The Kier molecular flexibility index (Phi) is 5.33. The Hall–Kier alpha value is -1.88. The van der Waals surface area contributed by atoms with Crippen LogP contribution in [0, 0.1) is 0 Å². The highest BCUT2D eigenvalue weighted by Gasteiger charge is 2.14. The van der Waals surface area contributed by atoms with E-state index < -0.39 is 0 Å². The zero-order chi connectivity index (χ0) is 15.2. The van der Waals surface area contributed by atoms with Crippen LogP contribution in [0.4, 0.5) is 0 Å². The first kappa shape index (κ1) is 15.5. The Balaban J connectivity index is 2.08. The van der Waals surface area contributed by atoms with Crippen LogP contribution in [0.1, 0.15) is 56.4 Å². The van der Waals surface area contributed by atoms with Gasteiger partial charge in [-0.2, -0.15) is 4.98 Å². The average molecular weight is 289 g/mol. The summed E-state index contributed by atoms with van der Waals surface area (Å²) in [6.07, 6.45) is 0.995. The molecule has 0 fully saturated rings. The van der Waals surface area contributed by atoms with Crippen LogP contribution in [-0.2, 0) is 6.61 Å². The molecule has 1 aromatic carbocycles. The van der Waals surface area contributed by atoms with Gasteiger partial charge in [0, 0.05) is 17.5 Å². The second kappa shape index (κ2) is 7.22. The van der Waals surface area contributed by atoms with Gasteiger partial charge in [-0.05, 0) is 19.5 Å². The molecule has 5 heteroatoms. The maximum Gasteiger partial charge on any atom is 0.264 e. The highest BCUT2D eigenvalue weighted by Crippen LogP contribution is 2.27. The number of hydrogen-bond acceptors (Lipinski definition) is 5. The third-order valence-corrected chi connectivity index (χ3v) is 3.40. The van der Waals surface area contributed by atoms with E-state index in [-0.39, 0.29) is 18.6 Å². The van der Waals surface area contributed by atoms with Gasteiger partial charge in [-0.25, -0.2) is 0 Å². The van der Waals surface area contributed by atoms with Crippen molar-refractivity contribution in [2.75, 3.05) is 7.05 Å². The van der Waals surface area contributed by atoms with Crippen LogP contribution in [0.5, 0.6) is 5.75 Å². The fraction of sp³-hybridized carbons (Fsp3) is 0.500. The second-order valence-corrected chi connectivity index (χ2v) is 5.28. The van der Waals surface area contributed by atoms with Gasteiger partial charge in [-0.1, -0.05) is 44.1 Å². The van der Waals surface area contributed by atoms with Crippen LogP contribution in [-0.4, -0.2) is 17.2 Å². The summed E-state index contributed by atoms with van der Waals surface area (Å²) >= 11 is 0. The largest absolute Gasteiger partial charge is 0.483 e. The molecule has 0 aliphatic carbocycles. The molecule has 21 heavy (non-hydrogen) atoms. The van der Waals surface area contributed by atoms with E-state index in [1.165, 1.54) is 0 Å². The predicted octanol–water partition coefficient (Wildman–Crippen LogP) is 3.44. The smallest absolute Gasteiger partial charge is 0.264 e. The number of hydrogen-bond donors (Lipinski definition) is 1. The van der Waals surface area contributed by atoms with Crippen molar-refractivity contribution in [1.29, 1.82) is 0 Å². The third-order valence-electron chi connectivity index (χ3n) is 3.40. The molecule has 0 radical (unpaired) electrons. The normalized spacial score (nSPS) is 12.6. The van der Waals surface area contributed by atoms with Crippen LogP contribution in [0.3, 0.4) is 0 Å². The van der Waals surface area contributed by atoms with Crippen LogP contribution in [0.15, 0.2) is 28.8 Å². The molecule has 0 saturated heterocycles. The maximum atomic E-state index is 5.86. The first-order chi connectivity index (χ1) is 10.2. The Labute approximate surface area is 125 Å². The molecule has 0 saturated carbocycles. The van der Waals surface area contributed by atoms with Crippen molar-refractivity contribution in [3.8, 4) is 5.75 Å². The van der Waals surface area contributed by atoms with Gasteiger partial charge in [-0.15, -0.1) is 0 Å². The number of para-hydroxylation sites is 1. The van der Waals surface area contributed by atoms with Gasteiger partial charge in [-0.3, -0.25) is 0 Å². The van der Waals surface area contributed by atoms with E-state index >= 15 is 0 Å². The number of ether oxygens (including phenoxy) is 1. The van der Waals surface area contributed by atoms with E-state index in [0.717, 1.165) is 17.7 Å². The van der Waals surface area contributed by atoms with E-state index in [9.17, 15) is 0 Å². The van der Waals surface area contributed by atoms with E-state index in [4.69, 9.17) is 9.26 Å². The van der Waals surface area contributed by atoms with Crippen molar-refractivity contribution in [2.24, 2.45) is 0 Å². The molecule has 0 aliphatic heterocycles. The molecule has 114 valence electrons. The quantitative estimate of drug-likeness (QED) is 0.846. The van der Waals surface area contributed by atoms with Crippen LogP contribution < -0.4 is 10.1 Å². The average Bonchev–Trinajstić information content (AvgIpc) is 2.97. The second-order valence-electron chi connectivity index (χ2n) is 5.28. The minimum atomic E-state index is 0.253. The summed E-state index contributed by atoms with van der Waals surface area (Å²) in [7, 11) is 1.96. The standard InChI is InChI=1S/C16H23N3O2/c1-5-13(17-4)12-8-6-7-9-14(12)20-10-15-18-16(11(2)3)19-21-15/h6-9,11,13,17H,5,10H2,1-4H3. The summed E-state index contributed by atoms with van der Waals surface area (Å²) in [5, 5.41) is 7.23. The van der Waals surface area contributed by atoms with Gasteiger partial charge < -0.3 is 14.6 Å². The molecule has 1 heterocycles. The molecule has 0 spiro atoms. The summed E-state index contributed by atoms with van der Waals surface area (Å²) in [5.74, 6) is 2.32. The highest BCUT2D eigenvalue weighted by molar-refractivity contribution is 5.35. The minimum absolute atomic E-state index is 0.253. The predicted molar refractivity (Wildman–Crippen MR) is 81.3 cm³/mol. The Morgan fingerprint density at radius 3 is 2.67 bits per heavy atom. The number of nitrogens with one attached hydrogen (secondary N) is 1. The molecule has 0 amide bonds. The van der Waals surface area contributed by atoms with E-state index in [1.54, 1.807) is 0 Å². The fourth-order valence-electron chi connectivity index (χ4n) is 2.18. The molecule has 1 aromatic heterocycles. The lowest BCUT2D eigenvalue weighted by Gasteiger charge is -2.18. The fourth-order valence-corrected chi connectivity index (χ4v) is 2.18. The summed E-state index contributed by atoms with van der Waals surface area (Å²) in [4.78, 5) is 4.32. The Morgan fingerprint density at radius 1 is 1.29 bits per heavy atom. The molecule has 2 aromatic rings. The van der Waals surface area contributed by atoms with Crippen molar-refractivity contribution in [1.82, 2.24) is 15.5 Å². The van der Waals surface area contributed by atoms with Gasteiger partial charge >= 0.3 is 0 Å². The number of rotatable bonds is 7. The van der Waals surface area contributed by atoms with Crippen LogP contribution in [0.25, 0.3) is 0 Å². The number of nitrogens with zero attached hydrogens (tertiary/aromatic N) is 2. The molecule has 5 nitrogen and oxygen atoms in total. The van der Waals surface area contributed by atoms with Crippen LogP contribution >= 0.6 is 0 Å². The van der Waals surface area contributed by atoms with Crippen LogP contribution in [0.2, 0.25) is 0 Å². The number of benzene rings is 1. The van der Waals surface area contributed by atoms with Crippen molar-refractivity contribution in [2.45, 2.75) is 45.8 Å². The van der Waals surface area contributed by atoms with E-state index in [0.29, 0.717) is 11.7 Å². The van der Waals surface area contributed by atoms with Gasteiger partial charge in [0.2, 0.25) is 0 Å².